The molecule has 1 unspecified atom stereocenters. The standard InChI is InChI=1S/C16H18N6O/c1-16(9-14(23)21(2)15(18)19-16)12-5-4-11-10-22(7-3-6-17)20-13(11)8-12/h4-5,8,10H,3,7,9H2,1-2H3,(H2,18,19). The van der Waals surface area contributed by atoms with E-state index in [4.69, 9.17) is 11.0 Å². The quantitative estimate of drug-likeness (QED) is 0.924. The fourth-order valence-corrected chi connectivity index (χ4v) is 2.76. The van der Waals surface area contributed by atoms with Crippen LogP contribution in [0.4, 0.5) is 0 Å². The first-order chi connectivity index (χ1) is 10.9. The first-order valence-corrected chi connectivity index (χ1v) is 7.39. The second kappa shape index (κ2) is 5.39. The number of amides is 1. The van der Waals surface area contributed by atoms with Gasteiger partial charge in [-0.05, 0) is 18.6 Å². The van der Waals surface area contributed by atoms with E-state index in [0.717, 1.165) is 16.5 Å². The van der Waals surface area contributed by atoms with Gasteiger partial charge in [0, 0.05) is 18.6 Å². The van der Waals surface area contributed by atoms with Gasteiger partial charge < -0.3 is 5.73 Å². The molecule has 0 bridgehead atoms. The molecule has 1 amide bonds. The Balaban J connectivity index is 2.00. The molecule has 0 fully saturated rings. The summed E-state index contributed by atoms with van der Waals surface area (Å²) in [6.07, 6.45) is 2.60. The average molecular weight is 310 g/mol. The van der Waals surface area contributed by atoms with Crippen LogP contribution >= 0.6 is 0 Å². The third-order valence-corrected chi connectivity index (χ3v) is 4.20. The molecule has 0 aliphatic carbocycles. The predicted molar refractivity (Wildman–Crippen MR) is 86.3 cm³/mol. The van der Waals surface area contributed by atoms with Crippen LogP contribution in [0.3, 0.4) is 0 Å². The summed E-state index contributed by atoms with van der Waals surface area (Å²) in [6, 6.07) is 7.96. The number of guanidine groups is 1. The van der Waals surface area contributed by atoms with Crippen LogP contribution in [0.2, 0.25) is 0 Å². The first-order valence-electron chi connectivity index (χ1n) is 7.39. The predicted octanol–water partition coefficient (Wildman–Crippen LogP) is 1.34. The molecule has 1 aliphatic rings. The molecule has 1 aliphatic heterocycles. The van der Waals surface area contributed by atoms with Gasteiger partial charge in [-0.2, -0.15) is 10.4 Å². The molecule has 3 rings (SSSR count). The van der Waals surface area contributed by atoms with Gasteiger partial charge in [0.25, 0.3) is 0 Å². The van der Waals surface area contributed by atoms with Crippen molar-refractivity contribution in [3.8, 4) is 6.07 Å². The van der Waals surface area contributed by atoms with E-state index in [1.807, 2.05) is 31.3 Å². The van der Waals surface area contributed by atoms with E-state index < -0.39 is 5.54 Å². The van der Waals surface area contributed by atoms with Crippen molar-refractivity contribution in [2.45, 2.75) is 31.8 Å². The molecule has 7 nitrogen and oxygen atoms in total. The maximum absolute atomic E-state index is 12.1. The minimum atomic E-state index is -0.682. The van der Waals surface area contributed by atoms with Gasteiger partial charge in [0.1, 0.15) is 0 Å². The Morgan fingerprint density at radius 3 is 2.96 bits per heavy atom. The molecule has 23 heavy (non-hydrogen) atoms. The highest BCUT2D eigenvalue weighted by atomic mass is 16.2. The summed E-state index contributed by atoms with van der Waals surface area (Å²) in [5.41, 5.74) is 6.90. The monoisotopic (exact) mass is 310 g/mol. The van der Waals surface area contributed by atoms with Crippen LogP contribution in [0.1, 0.15) is 25.3 Å². The minimum Gasteiger partial charge on any atom is -0.369 e. The zero-order chi connectivity index (χ0) is 16.6. The highest BCUT2D eigenvalue weighted by Gasteiger charge is 2.36. The Labute approximate surface area is 134 Å². The second-order valence-electron chi connectivity index (χ2n) is 5.95. The van der Waals surface area contributed by atoms with Gasteiger partial charge in [0.15, 0.2) is 5.96 Å². The van der Waals surface area contributed by atoms with E-state index in [0.29, 0.717) is 13.0 Å². The molecule has 2 heterocycles. The normalized spacial score (nSPS) is 21.3. The van der Waals surface area contributed by atoms with Crippen molar-refractivity contribution in [1.29, 1.82) is 5.26 Å². The minimum absolute atomic E-state index is 0.0559. The number of hydrogen-bond acceptors (Lipinski definition) is 5. The molecular weight excluding hydrogens is 292 g/mol. The van der Waals surface area contributed by atoms with Gasteiger partial charge in [-0.3, -0.25) is 14.4 Å². The molecule has 1 aromatic heterocycles. The van der Waals surface area contributed by atoms with E-state index in [1.165, 1.54) is 4.90 Å². The summed E-state index contributed by atoms with van der Waals surface area (Å²) < 4.78 is 1.76. The molecular formula is C16H18N6O. The van der Waals surface area contributed by atoms with Crippen molar-refractivity contribution in [2.24, 2.45) is 10.7 Å². The average Bonchev–Trinajstić information content (AvgIpc) is 2.92. The highest BCUT2D eigenvalue weighted by Crippen LogP contribution is 2.34. The van der Waals surface area contributed by atoms with Gasteiger partial charge in [0.2, 0.25) is 5.91 Å². The summed E-state index contributed by atoms with van der Waals surface area (Å²) in [7, 11) is 1.63. The van der Waals surface area contributed by atoms with Gasteiger partial charge in [-0.1, -0.05) is 12.1 Å². The van der Waals surface area contributed by atoms with Crippen LogP contribution in [-0.4, -0.2) is 33.6 Å². The molecule has 7 heteroatoms. The fraction of sp³-hybridized carbons (Fsp3) is 0.375. The van der Waals surface area contributed by atoms with Crippen LogP contribution in [0.5, 0.6) is 0 Å². The van der Waals surface area contributed by atoms with E-state index in [9.17, 15) is 4.79 Å². The summed E-state index contributed by atoms with van der Waals surface area (Å²) >= 11 is 0. The third kappa shape index (κ3) is 2.63. The third-order valence-electron chi connectivity index (χ3n) is 4.20. The molecule has 2 aromatic rings. The largest absolute Gasteiger partial charge is 0.369 e. The van der Waals surface area contributed by atoms with E-state index >= 15 is 0 Å². The maximum atomic E-state index is 12.1. The van der Waals surface area contributed by atoms with Crippen molar-refractivity contribution in [3.05, 3.63) is 30.0 Å². The Kier molecular flexibility index (Phi) is 3.52. The Hall–Kier alpha value is -2.88. The number of aryl methyl sites for hydroxylation is 1. The van der Waals surface area contributed by atoms with Gasteiger partial charge in [0.05, 0.1) is 36.5 Å². The summed E-state index contributed by atoms with van der Waals surface area (Å²) in [4.78, 5) is 18.0. The van der Waals surface area contributed by atoms with Gasteiger partial charge in [-0.15, -0.1) is 0 Å². The number of nitrogens with two attached hydrogens (primary N) is 1. The molecule has 2 N–H and O–H groups in total. The molecule has 1 atom stereocenters. The SMILES string of the molecule is CN1C(=O)CC(C)(c2ccc3cn(CCC#N)nc3c2)N=C1N. The van der Waals surface area contributed by atoms with Crippen molar-refractivity contribution in [1.82, 2.24) is 14.7 Å². The van der Waals surface area contributed by atoms with Crippen LogP contribution in [0.25, 0.3) is 10.9 Å². The van der Waals surface area contributed by atoms with Crippen molar-refractivity contribution in [2.75, 3.05) is 7.05 Å². The maximum Gasteiger partial charge on any atom is 0.231 e. The number of fused-ring (bicyclic) bond motifs is 1. The van der Waals surface area contributed by atoms with E-state index in [1.54, 1.807) is 11.7 Å². The van der Waals surface area contributed by atoms with Crippen LogP contribution < -0.4 is 5.73 Å². The van der Waals surface area contributed by atoms with Gasteiger partial charge >= 0.3 is 0 Å². The highest BCUT2D eigenvalue weighted by molar-refractivity contribution is 5.98. The Morgan fingerprint density at radius 1 is 1.48 bits per heavy atom. The second-order valence-corrected chi connectivity index (χ2v) is 5.95. The number of benzene rings is 1. The van der Waals surface area contributed by atoms with Gasteiger partial charge in [-0.25, -0.2) is 4.99 Å². The molecule has 118 valence electrons. The summed E-state index contributed by atoms with van der Waals surface area (Å²) in [5.74, 6) is 0.169. The number of rotatable bonds is 3. The van der Waals surface area contributed by atoms with Crippen molar-refractivity contribution in [3.63, 3.8) is 0 Å². The lowest BCUT2D eigenvalue weighted by Gasteiger charge is -2.33. The summed E-state index contributed by atoms with van der Waals surface area (Å²) in [5, 5.41) is 14.1. The van der Waals surface area contributed by atoms with Crippen molar-refractivity contribution >= 4 is 22.8 Å². The number of hydrogen-bond donors (Lipinski definition) is 1. The molecule has 1 aromatic carbocycles. The van der Waals surface area contributed by atoms with Crippen LogP contribution in [0.15, 0.2) is 29.4 Å². The Bertz CT molecular complexity index is 846. The lowest BCUT2D eigenvalue weighted by atomic mass is 9.87. The number of carbonyl (C=O) groups is 1. The van der Waals surface area contributed by atoms with E-state index in [-0.39, 0.29) is 18.3 Å². The number of nitriles is 1. The van der Waals surface area contributed by atoms with Crippen molar-refractivity contribution < 1.29 is 4.79 Å². The molecule has 0 saturated heterocycles. The summed E-state index contributed by atoms with van der Waals surface area (Å²) in [6.45, 7) is 2.46. The lowest BCUT2D eigenvalue weighted by Crippen LogP contribution is -2.47. The first kappa shape index (κ1) is 15.0. The number of aliphatic imine (C=N–C) groups is 1. The topological polar surface area (TPSA) is 100 Å². The fourth-order valence-electron chi connectivity index (χ4n) is 2.76. The molecule has 0 spiro atoms. The zero-order valence-electron chi connectivity index (χ0n) is 13.2. The number of nitrogens with zero attached hydrogens (tertiary/aromatic N) is 5. The zero-order valence-corrected chi connectivity index (χ0v) is 13.2. The van der Waals surface area contributed by atoms with Crippen LogP contribution in [-0.2, 0) is 16.9 Å². The number of aromatic nitrogens is 2. The van der Waals surface area contributed by atoms with Crippen LogP contribution in [0, 0.1) is 11.3 Å². The number of carbonyl (C=O) groups excluding carboxylic acids is 1. The molecule has 0 saturated carbocycles. The molecule has 0 radical (unpaired) electrons. The smallest absolute Gasteiger partial charge is 0.231 e. The lowest BCUT2D eigenvalue weighted by molar-refractivity contribution is -0.128. The Morgan fingerprint density at radius 2 is 2.26 bits per heavy atom. The van der Waals surface area contributed by atoms with E-state index in [2.05, 4.69) is 16.2 Å².